The summed E-state index contributed by atoms with van der Waals surface area (Å²) in [6.45, 7) is 4.86. The van der Waals surface area contributed by atoms with Crippen molar-refractivity contribution >= 4 is 21.6 Å². The zero-order valence-corrected chi connectivity index (χ0v) is 12.2. The number of rotatable bonds is 6. The van der Waals surface area contributed by atoms with Crippen molar-refractivity contribution in [1.82, 2.24) is 0 Å². The van der Waals surface area contributed by atoms with Crippen LogP contribution < -0.4 is 5.32 Å². The molecule has 4 heteroatoms. The third kappa shape index (κ3) is 4.30. The van der Waals surface area contributed by atoms with Crippen LogP contribution in [0.5, 0.6) is 0 Å². The fourth-order valence-electron chi connectivity index (χ4n) is 1.43. The molecule has 0 aliphatic rings. The van der Waals surface area contributed by atoms with Crippen molar-refractivity contribution in [2.24, 2.45) is 0 Å². The van der Waals surface area contributed by atoms with Gasteiger partial charge in [-0.15, -0.1) is 0 Å². The Morgan fingerprint density at radius 3 is 2.76 bits per heavy atom. The summed E-state index contributed by atoms with van der Waals surface area (Å²) in [5.74, 6) is 0. The van der Waals surface area contributed by atoms with E-state index in [2.05, 4.69) is 21.2 Å². The summed E-state index contributed by atoms with van der Waals surface area (Å²) in [5.41, 5.74) is 1.38. The van der Waals surface area contributed by atoms with Crippen LogP contribution in [-0.2, 0) is 11.3 Å². The van der Waals surface area contributed by atoms with Gasteiger partial charge in [0.05, 0.1) is 12.2 Å². The van der Waals surface area contributed by atoms with Crippen LogP contribution in [0.1, 0.15) is 25.8 Å². The minimum atomic E-state index is -0.688. The van der Waals surface area contributed by atoms with Crippen LogP contribution in [0, 0.1) is 0 Å². The molecule has 1 unspecified atom stereocenters. The van der Waals surface area contributed by atoms with Crippen molar-refractivity contribution in [3.8, 4) is 0 Å². The lowest BCUT2D eigenvalue weighted by molar-refractivity contribution is 0.0697. The highest BCUT2D eigenvalue weighted by Gasteiger charge is 2.17. The highest BCUT2D eigenvalue weighted by molar-refractivity contribution is 9.10. The lowest BCUT2D eigenvalue weighted by Gasteiger charge is -2.23. The van der Waals surface area contributed by atoms with E-state index >= 15 is 0 Å². The van der Waals surface area contributed by atoms with Gasteiger partial charge in [0.25, 0.3) is 0 Å². The van der Waals surface area contributed by atoms with Crippen LogP contribution in [0.25, 0.3) is 0 Å². The minimum absolute atomic E-state index is 0.524. The van der Waals surface area contributed by atoms with Gasteiger partial charge in [0.2, 0.25) is 0 Å². The van der Waals surface area contributed by atoms with Crippen LogP contribution >= 0.6 is 15.9 Å². The van der Waals surface area contributed by atoms with Crippen LogP contribution in [0.3, 0.4) is 0 Å². The van der Waals surface area contributed by atoms with E-state index < -0.39 is 5.60 Å². The predicted octanol–water partition coefficient (Wildman–Crippen LogP) is 3.17. The van der Waals surface area contributed by atoms with E-state index in [0.717, 1.165) is 15.7 Å². The number of anilines is 1. The first-order chi connectivity index (χ1) is 8.00. The molecule has 0 spiro atoms. The van der Waals surface area contributed by atoms with Crippen LogP contribution in [0.15, 0.2) is 22.7 Å². The fourth-order valence-corrected chi connectivity index (χ4v) is 1.91. The van der Waals surface area contributed by atoms with E-state index in [1.807, 2.05) is 32.0 Å². The summed E-state index contributed by atoms with van der Waals surface area (Å²) in [6.07, 6.45) is 0.716. The Kier molecular flexibility index (Phi) is 5.43. The van der Waals surface area contributed by atoms with Gasteiger partial charge in [-0.2, -0.15) is 0 Å². The Labute approximate surface area is 111 Å². The molecular formula is C13H20BrNO2. The SMILES string of the molecule is CCC(C)(O)CNc1cccc(Br)c1COC. The van der Waals surface area contributed by atoms with Crippen LogP contribution in [0.2, 0.25) is 0 Å². The normalized spacial score (nSPS) is 14.4. The molecule has 0 saturated heterocycles. The molecule has 17 heavy (non-hydrogen) atoms. The number of hydrogen-bond donors (Lipinski definition) is 2. The van der Waals surface area contributed by atoms with E-state index in [-0.39, 0.29) is 0 Å². The summed E-state index contributed by atoms with van der Waals surface area (Å²) in [6, 6.07) is 5.94. The van der Waals surface area contributed by atoms with E-state index in [0.29, 0.717) is 19.6 Å². The van der Waals surface area contributed by atoms with Gasteiger partial charge in [-0.1, -0.05) is 28.9 Å². The smallest absolute Gasteiger partial charge is 0.0788 e. The van der Waals surface area contributed by atoms with E-state index in [1.165, 1.54) is 0 Å². The van der Waals surface area contributed by atoms with Crippen molar-refractivity contribution in [3.63, 3.8) is 0 Å². The van der Waals surface area contributed by atoms with Gasteiger partial charge in [-0.25, -0.2) is 0 Å². The van der Waals surface area contributed by atoms with E-state index in [4.69, 9.17) is 4.74 Å². The molecule has 0 aliphatic heterocycles. The first kappa shape index (κ1) is 14.5. The predicted molar refractivity (Wildman–Crippen MR) is 74.3 cm³/mol. The number of aliphatic hydroxyl groups is 1. The molecule has 3 nitrogen and oxygen atoms in total. The maximum absolute atomic E-state index is 9.97. The molecule has 0 fully saturated rings. The Morgan fingerprint density at radius 2 is 2.18 bits per heavy atom. The molecule has 1 aromatic carbocycles. The number of hydrogen-bond acceptors (Lipinski definition) is 3. The maximum atomic E-state index is 9.97. The highest BCUT2D eigenvalue weighted by atomic mass is 79.9. The molecule has 0 heterocycles. The molecule has 0 radical (unpaired) electrons. The molecular weight excluding hydrogens is 282 g/mol. The van der Waals surface area contributed by atoms with Gasteiger partial charge >= 0.3 is 0 Å². The molecule has 1 atom stereocenters. The van der Waals surface area contributed by atoms with Gasteiger partial charge < -0.3 is 15.2 Å². The van der Waals surface area contributed by atoms with Gasteiger partial charge in [0.15, 0.2) is 0 Å². The highest BCUT2D eigenvalue weighted by Crippen LogP contribution is 2.26. The Bertz CT molecular complexity index is 366. The summed E-state index contributed by atoms with van der Waals surface area (Å²) < 4.78 is 6.19. The lowest BCUT2D eigenvalue weighted by Crippen LogP contribution is -2.32. The lowest BCUT2D eigenvalue weighted by atomic mass is 10.0. The number of halogens is 1. The first-order valence-corrected chi connectivity index (χ1v) is 6.52. The number of methoxy groups -OCH3 is 1. The van der Waals surface area contributed by atoms with E-state index in [1.54, 1.807) is 7.11 Å². The largest absolute Gasteiger partial charge is 0.388 e. The topological polar surface area (TPSA) is 41.5 Å². The average Bonchev–Trinajstić information content (AvgIpc) is 2.30. The molecule has 0 bridgehead atoms. The van der Waals surface area contributed by atoms with Crippen LogP contribution in [0.4, 0.5) is 5.69 Å². The van der Waals surface area contributed by atoms with Crippen molar-refractivity contribution < 1.29 is 9.84 Å². The number of benzene rings is 1. The number of ether oxygens (including phenoxy) is 1. The molecule has 1 aromatic rings. The molecule has 96 valence electrons. The maximum Gasteiger partial charge on any atom is 0.0788 e. The second kappa shape index (κ2) is 6.38. The average molecular weight is 302 g/mol. The van der Waals surface area contributed by atoms with Gasteiger partial charge in [-0.3, -0.25) is 0 Å². The van der Waals surface area contributed by atoms with Gasteiger partial charge in [0.1, 0.15) is 0 Å². The fraction of sp³-hybridized carbons (Fsp3) is 0.538. The Morgan fingerprint density at radius 1 is 1.47 bits per heavy atom. The zero-order chi connectivity index (χ0) is 12.9. The van der Waals surface area contributed by atoms with Crippen molar-refractivity contribution in [3.05, 3.63) is 28.2 Å². The molecule has 0 aliphatic carbocycles. The molecule has 0 saturated carbocycles. The number of nitrogens with one attached hydrogen (secondary N) is 1. The monoisotopic (exact) mass is 301 g/mol. The Balaban J connectivity index is 2.80. The molecule has 0 amide bonds. The summed E-state index contributed by atoms with van der Waals surface area (Å²) in [7, 11) is 1.67. The molecule has 2 N–H and O–H groups in total. The van der Waals surface area contributed by atoms with Gasteiger partial charge in [0, 0.05) is 29.4 Å². The zero-order valence-electron chi connectivity index (χ0n) is 10.6. The summed E-state index contributed by atoms with van der Waals surface area (Å²) >= 11 is 3.50. The summed E-state index contributed by atoms with van der Waals surface area (Å²) in [4.78, 5) is 0. The van der Waals surface area contributed by atoms with E-state index in [9.17, 15) is 5.11 Å². The second-order valence-electron chi connectivity index (χ2n) is 4.40. The van der Waals surface area contributed by atoms with Gasteiger partial charge in [-0.05, 0) is 25.5 Å². The van der Waals surface area contributed by atoms with Crippen molar-refractivity contribution in [2.75, 3.05) is 19.0 Å². The third-order valence-electron chi connectivity index (χ3n) is 2.83. The quantitative estimate of drug-likeness (QED) is 0.848. The second-order valence-corrected chi connectivity index (χ2v) is 5.26. The van der Waals surface area contributed by atoms with Crippen molar-refractivity contribution in [1.29, 1.82) is 0 Å². The first-order valence-electron chi connectivity index (χ1n) is 5.72. The van der Waals surface area contributed by atoms with Crippen molar-refractivity contribution in [2.45, 2.75) is 32.5 Å². The standard InChI is InChI=1S/C13H20BrNO2/c1-4-13(2,16)9-15-12-7-5-6-11(14)10(12)8-17-3/h5-7,15-16H,4,8-9H2,1-3H3. The molecule has 1 rings (SSSR count). The third-order valence-corrected chi connectivity index (χ3v) is 3.57. The Hall–Kier alpha value is -0.580. The minimum Gasteiger partial charge on any atom is -0.388 e. The van der Waals surface area contributed by atoms with Crippen LogP contribution in [-0.4, -0.2) is 24.4 Å². The molecule has 0 aromatic heterocycles. The summed E-state index contributed by atoms with van der Waals surface area (Å²) in [5, 5.41) is 13.2.